The zero-order valence-corrected chi connectivity index (χ0v) is 21.9. The molecule has 0 aromatic carbocycles. The number of fused-ring (bicyclic) bond motifs is 1. The molecule has 1 aromatic rings. The van der Waals surface area contributed by atoms with Crippen LogP contribution in [0.1, 0.15) is 66.0 Å². The maximum atomic E-state index is 12.9. The molecule has 0 saturated carbocycles. The fraction of sp³-hybridized carbons (Fsp3) is 0.773. The molecule has 3 heterocycles. The molecule has 3 rings (SSSR count). The molecule has 0 bridgehead atoms. The van der Waals surface area contributed by atoms with Crippen LogP contribution in [0.3, 0.4) is 0 Å². The second-order valence-corrected chi connectivity index (χ2v) is 16.0. The lowest BCUT2D eigenvalue weighted by molar-refractivity contribution is -0.0438. The molecule has 4 atom stereocenters. The molecule has 1 saturated heterocycles. The summed E-state index contributed by atoms with van der Waals surface area (Å²) < 4.78 is 19.8. The first-order chi connectivity index (χ1) is 15.1. The summed E-state index contributed by atoms with van der Waals surface area (Å²) in [5, 5.41) is 19.6. The van der Waals surface area contributed by atoms with Gasteiger partial charge in [-0.15, -0.1) is 0 Å². The zero-order valence-electron chi connectivity index (χ0n) is 20.9. The van der Waals surface area contributed by atoms with Crippen molar-refractivity contribution in [1.82, 2.24) is 14.5 Å². The minimum atomic E-state index is -2.23. The third-order valence-corrected chi connectivity index (χ3v) is 10.8. The van der Waals surface area contributed by atoms with E-state index < -0.39 is 44.6 Å². The molecule has 0 radical (unpaired) electrons. The van der Waals surface area contributed by atoms with Gasteiger partial charge in [-0.05, 0) is 38.9 Å². The van der Waals surface area contributed by atoms with E-state index in [1.54, 1.807) is 10.9 Å². The van der Waals surface area contributed by atoms with E-state index in [4.69, 9.17) is 13.9 Å². The number of hydrogen-bond donors (Lipinski definition) is 2. The summed E-state index contributed by atoms with van der Waals surface area (Å²) in [5.41, 5.74) is -0.0480. The monoisotopic (exact) mass is 482 g/mol. The molecule has 11 heteroatoms. The summed E-state index contributed by atoms with van der Waals surface area (Å²) in [6.07, 6.45) is 0.335. The Morgan fingerprint density at radius 2 is 1.94 bits per heavy atom. The van der Waals surface area contributed by atoms with E-state index in [-0.39, 0.29) is 18.2 Å². The minimum absolute atomic E-state index is 0.0489. The van der Waals surface area contributed by atoms with Gasteiger partial charge in [0.2, 0.25) is 0 Å². The quantitative estimate of drug-likeness (QED) is 0.631. The van der Waals surface area contributed by atoms with E-state index in [0.717, 1.165) is 0 Å². The van der Waals surface area contributed by atoms with Crippen molar-refractivity contribution in [3.63, 3.8) is 0 Å². The number of aliphatic hydroxyl groups is 2. The molecule has 2 aliphatic heterocycles. The average molecular weight is 483 g/mol. The summed E-state index contributed by atoms with van der Waals surface area (Å²) in [5.74, 6) is 0.501. The predicted octanol–water partition coefficient (Wildman–Crippen LogP) is 3.50. The van der Waals surface area contributed by atoms with Crippen LogP contribution in [0.5, 0.6) is 0 Å². The number of amides is 1. The lowest BCUT2D eigenvalue weighted by atomic mass is 10.2. The highest BCUT2D eigenvalue weighted by molar-refractivity contribution is 6.74. The van der Waals surface area contributed by atoms with Crippen LogP contribution in [0.2, 0.25) is 18.1 Å². The number of aliphatic imine (C=N–C) groups is 1. The van der Waals surface area contributed by atoms with Crippen molar-refractivity contribution in [2.45, 2.75) is 96.2 Å². The lowest BCUT2D eigenvalue weighted by Crippen LogP contribution is -2.45. The Hall–Kier alpha value is -1.79. The Bertz CT molecular complexity index is 888. The van der Waals surface area contributed by atoms with Crippen LogP contribution < -0.4 is 0 Å². The van der Waals surface area contributed by atoms with Crippen LogP contribution in [-0.4, -0.2) is 76.4 Å². The van der Waals surface area contributed by atoms with E-state index in [0.29, 0.717) is 17.9 Å². The third-order valence-electron chi connectivity index (χ3n) is 6.35. The third kappa shape index (κ3) is 5.65. The van der Waals surface area contributed by atoms with Gasteiger partial charge in [0.1, 0.15) is 36.1 Å². The fourth-order valence-electron chi connectivity index (χ4n) is 3.49. The number of aromatic nitrogens is 2. The first-order valence-electron chi connectivity index (χ1n) is 11.4. The van der Waals surface area contributed by atoms with Crippen molar-refractivity contribution < 1.29 is 28.9 Å². The van der Waals surface area contributed by atoms with Crippen molar-refractivity contribution >= 4 is 26.6 Å². The number of rotatable bonds is 4. The number of carbonyl (C=O) groups excluding carboxylic acids is 1. The molecule has 10 nitrogen and oxygen atoms in total. The number of ether oxygens (including phenoxy) is 2. The Balaban J connectivity index is 1.98. The number of aliphatic hydroxyl groups excluding tert-OH is 2. The van der Waals surface area contributed by atoms with Gasteiger partial charge < -0.3 is 24.1 Å². The van der Waals surface area contributed by atoms with Crippen molar-refractivity contribution in [2.24, 2.45) is 4.99 Å². The molecule has 4 unspecified atom stereocenters. The molecule has 2 N–H and O–H groups in total. The van der Waals surface area contributed by atoms with Gasteiger partial charge in [0, 0.05) is 6.42 Å². The van der Waals surface area contributed by atoms with E-state index in [9.17, 15) is 15.0 Å². The molecule has 1 aromatic heterocycles. The molecular formula is C22H38N4O6Si. The molecule has 1 fully saturated rings. The van der Waals surface area contributed by atoms with E-state index in [2.05, 4.69) is 43.8 Å². The molecule has 0 aliphatic carbocycles. The molecule has 1 amide bonds. The van der Waals surface area contributed by atoms with Gasteiger partial charge in [-0.3, -0.25) is 9.47 Å². The first kappa shape index (κ1) is 25.8. The Kier molecular flexibility index (Phi) is 7.12. The summed E-state index contributed by atoms with van der Waals surface area (Å²) >= 11 is 0. The van der Waals surface area contributed by atoms with E-state index >= 15 is 0 Å². The number of hydrogen-bond acceptors (Lipinski definition) is 8. The highest BCUT2D eigenvalue weighted by atomic mass is 28.4. The van der Waals surface area contributed by atoms with Crippen LogP contribution in [-0.2, 0) is 13.9 Å². The second kappa shape index (κ2) is 9.10. The van der Waals surface area contributed by atoms with Gasteiger partial charge in [-0.1, -0.05) is 20.8 Å². The molecule has 2 aliphatic rings. The first-order valence-corrected chi connectivity index (χ1v) is 14.3. The minimum Gasteiger partial charge on any atom is -0.443 e. The summed E-state index contributed by atoms with van der Waals surface area (Å²) in [7, 11) is -2.23. The smallest absolute Gasteiger partial charge is 0.415 e. The number of imidazole rings is 1. The van der Waals surface area contributed by atoms with Crippen LogP contribution in [0.25, 0.3) is 0 Å². The van der Waals surface area contributed by atoms with Crippen molar-refractivity contribution in [3.05, 3.63) is 12.0 Å². The molecular weight excluding hydrogens is 444 g/mol. The molecule has 33 heavy (non-hydrogen) atoms. The maximum absolute atomic E-state index is 12.9. The van der Waals surface area contributed by atoms with Gasteiger partial charge in [0.15, 0.2) is 14.1 Å². The van der Waals surface area contributed by atoms with Gasteiger partial charge in [-0.2, -0.15) is 0 Å². The van der Waals surface area contributed by atoms with Crippen LogP contribution in [0.15, 0.2) is 11.3 Å². The van der Waals surface area contributed by atoms with Gasteiger partial charge >= 0.3 is 6.09 Å². The van der Waals surface area contributed by atoms with E-state index in [1.807, 2.05) is 20.8 Å². The second-order valence-electron chi connectivity index (χ2n) is 11.2. The summed E-state index contributed by atoms with van der Waals surface area (Å²) in [6.45, 7) is 16.1. The predicted molar refractivity (Wildman–Crippen MR) is 126 cm³/mol. The standard InChI is InChI=1S/C22H38N4O6Si/c1-21(2,3)31-20(29)25-10-15(32-33(7,8)22(4,5)6)18-19(24-12-25)26(13-23-18)17-9-14(28)16(11-27)30-17/h12-17,27-28H,9-11H2,1-8H3. The Labute approximate surface area is 196 Å². The Morgan fingerprint density at radius 1 is 1.27 bits per heavy atom. The van der Waals surface area contributed by atoms with Crippen LogP contribution in [0, 0.1) is 0 Å². The maximum Gasteiger partial charge on any atom is 0.415 e. The van der Waals surface area contributed by atoms with Gasteiger partial charge in [0.25, 0.3) is 0 Å². The van der Waals surface area contributed by atoms with E-state index in [1.165, 1.54) is 11.2 Å². The highest BCUT2D eigenvalue weighted by Gasteiger charge is 2.43. The largest absolute Gasteiger partial charge is 0.443 e. The van der Waals surface area contributed by atoms with Crippen LogP contribution >= 0.6 is 0 Å². The van der Waals surface area contributed by atoms with Crippen molar-refractivity contribution in [2.75, 3.05) is 13.2 Å². The average Bonchev–Trinajstić information content (AvgIpc) is 3.19. The molecule has 0 spiro atoms. The lowest BCUT2D eigenvalue weighted by Gasteiger charge is -2.39. The molecule has 186 valence electrons. The topological polar surface area (TPSA) is 119 Å². The highest BCUT2D eigenvalue weighted by Crippen LogP contribution is 2.43. The Morgan fingerprint density at radius 3 is 2.48 bits per heavy atom. The zero-order chi connectivity index (χ0) is 24.8. The van der Waals surface area contributed by atoms with Crippen molar-refractivity contribution in [3.8, 4) is 0 Å². The SMILES string of the molecule is CC(C)(C)OC(=O)N1C=Nc2c(ncn2C2CC(O)C(CO)O2)C(O[Si](C)(C)C(C)(C)C)C1. The summed E-state index contributed by atoms with van der Waals surface area (Å²) in [4.78, 5) is 23.4. The van der Waals surface area contributed by atoms with Crippen molar-refractivity contribution in [1.29, 1.82) is 0 Å². The summed E-state index contributed by atoms with van der Waals surface area (Å²) in [6, 6.07) is 0. The number of nitrogens with zero attached hydrogens (tertiary/aromatic N) is 4. The van der Waals surface area contributed by atoms with Gasteiger partial charge in [-0.25, -0.2) is 14.8 Å². The normalized spacial score (nSPS) is 26.3. The van der Waals surface area contributed by atoms with Crippen LogP contribution in [0.4, 0.5) is 10.6 Å². The fourth-order valence-corrected chi connectivity index (χ4v) is 4.75. The number of carbonyl (C=O) groups is 1. The van der Waals surface area contributed by atoms with Gasteiger partial charge in [0.05, 0.1) is 25.6 Å².